The molecule has 0 aliphatic carbocycles. The molecule has 2 bridgehead atoms. The second kappa shape index (κ2) is 9.76. The number of nitrogens with one attached hydrogen (secondary N) is 1. The molecule has 0 radical (unpaired) electrons. The van der Waals surface area contributed by atoms with E-state index >= 15 is 8.78 Å². The molecule has 13 heteroatoms. The molecule has 5 aliphatic heterocycles. The van der Waals surface area contributed by atoms with Crippen LogP contribution >= 0.6 is 0 Å². The van der Waals surface area contributed by atoms with Gasteiger partial charge in [0.1, 0.15) is 47.5 Å². The van der Waals surface area contributed by atoms with Crippen molar-refractivity contribution in [2.75, 3.05) is 37.7 Å². The van der Waals surface area contributed by atoms with E-state index in [9.17, 15) is 13.9 Å². The number of nitrogens with zero attached hydrogens (tertiary/aromatic N) is 5. The van der Waals surface area contributed by atoms with Crippen LogP contribution in [-0.4, -0.2) is 87.6 Å². The van der Waals surface area contributed by atoms with Crippen LogP contribution in [0.2, 0.25) is 0 Å². The Morgan fingerprint density at radius 3 is 2.84 bits per heavy atom. The first-order valence-electron chi connectivity index (χ1n) is 15.5. The third-order valence-electron chi connectivity index (χ3n) is 10.4. The standard InChI is InChI=1S/C32H30F4N6O3/c33-16-10-32(6-1-7-41(32)11-16)14-45-31-39-28-24-29(40-31)42-12-17-3-5-21(37-17)22(42)13-44-30(24)38-27(26(28)36)19-9-18(43)8-15-2-4-20(34)25(35)23(15)19/h2,4,8-9,16-17,21-22,37,43H,1,3,5-7,10-14H2/t16-,17+,21?,22-,32-/m1/s1. The molecule has 2 N–H and O–H groups in total. The third kappa shape index (κ3) is 4.09. The quantitative estimate of drug-likeness (QED) is 0.316. The Labute approximate surface area is 255 Å². The SMILES string of the molecule is Oc1cc(-c2nc3c4c(nc(OC[C@]56CCCN5C[C@H](F)C6)nc4c2F)N2C[C@@H]4CCC(N4)[C@H]2CO3)c2c(F)c(F)ccc2c1. The molecule has 1 unspecified atom stereocenters. The second-order valence-corrected chi connectivity index (χ2v) is 13.0. The van der Waals surface area contributed by atoms with Gasteiger partial charge in [0.05, 0.1) is 11.6 Å². The van der Waals surface area contributed by atoms with Crippen molar-refractivity contribution in [3.05, 3.63) is 41.7 Å². The Balaban J connectivity index is 1.24. The lowest BCUT2D eigenvalue weighted by molar-refractivity contribution is 0.107. The number of anilines is 1. The van der Waals surface area contributed by atoms with Crippen molar-refractivity contribution in [2.24, 2.45) is 0 Å². The van der Waals surface area contributed by atoms with E-state index in [1.54, 1.807) is 0 Å². The summed E-state index contributed by atoms with van der Waals surface area (Å²) in [5.74, 6) is -3.01. The van der Waals surface area contributed by atoms with Gasteiger partial charge in [-0.1, -0.05) is 6.07 Å². The summed E-state index contributed by atoms with van der Waals surface area (Å²) in [6.07, 6.45) is 3.06. The fourth-order valence-corrected chi connectivity index (χ4v) is 8.38. The van der Waals surface area contributed by atoms with Crippen LogP contribution in [0.5, 0.6) is 17.6 Å². The van der Waals surface area contributed by atoms with Crippen LogP contribution < -0.4 is 19.7 Å². The largest absolute Gasteiger partial charge is 0.508 e. The maximum absolute atomic E-state index is 16.8. The lowest BCUT2D eigenvalue weighted by atomic mass is 9.95. The summed E-state index contributed by atoms with van der Waals surface area (Å²) in [5.41, 5.74) is -1.12. The molecule has 45 heavy (non-hydrogen) atoms. The summed E-state index contributed by atoms with van der Waals surface area (Å²) in [5, 5.41) is 14.3. The first kappa shape index (κ1) is 27.3. The number of fused-ring (bicyclic) bond motifs is 7. The van der Waals surface area contributed by atoms with E-state index in [1.165, 1.54) is 12.1 Å². The molecule has 9 rings (SSSR count). The first-order valence-corrected chi connectivity index (χ1v) is 15.5. The van der Waals surface area contributed by atoms with Crippen molar-refractivity contribution in [1.29, 1.82) is 0 Å². The van der Waals surface area contributed by atoms with E-state index in [-0.39, 0.29) is 81.9 Å². The van der Waals surface area contributed by atoms with Gasteiger partial charge in [0.25, 0.3) is 0 Å². The number of halogens is 4. The molecule has 7 heterocycles. The van der Waals surface area contributed by atoms with Crippen LogP contribution in [0.25, 0.3) is 32.9 Å². The Hall–Kier alpha value is -3.97. The number of ether oxygens (including phenoxy) is 2. The van der Waals surface area contributed by atoms with Crippen molar-refractivity contribution >= 4 is 27.5 Å². The number of piperazine rings is 1. The summed E-state index contributed by atoms with van der Waals surface area (Å²) < 4.78 is 73.5. The van der Waals surface area contributed by atoms with E-state index in [1.807, 2.05) is 0 Å². The van der Waals surface area contributed by atoms with Gasteiger partial charge in [-0.3, -0.25) is 4.90 Å². The van der Waals surface area contributed by atoms with Crippen molar-refractivity contribution in [2.45, 2.75) is 61.9 Å². The van der Waals surface area contributed by atoms with E-state index in [0.717, 1.165) is 44.4 Å². The number of pyridine rings is 1. The van der Waals surface area contributed by atoms with Crippen LogP contribution in [0.15, 0.2) is 24.3 Å². The van der Waals surface area contributed by atoms with Crippen LogP contribution in [0.4, 0.5) is 23.4 Å². The van der Waals surface area contributed by atoms with Crippen molar-refractivity contribution in [3.8, 4) is 28.9 Å². The molecule has 0 spiro atoms. The normalized spacial score (nSPS) is 28.8. The molecule has 9 nitrogen and oxygen atoms in total. The van der Waals surface area contributed by atoms with E-state index < -0.39 is 29.2 Å². The zero-order valence-corrected chi connectivity index (χ0v) is 24.2. The van der Waals surface area contributed by atoms with Crippen LogP contribution in [0, 0.1) is 17.5 Å². The van der Waals surface area contributed by atoms with Crippen LogP contribution in [0.3, 0.4) is 0 Å². The van der Waals surface area contributed by atoms with Gasteiger partial charge in [0.15, 0.2) is 17.5 Å². The van der Waals surface area contributed by atoms with Crippen LogP contribution in [0.1, 0.15) is 32.1 Å². The lowest BCUT2D eigenvalue weighted by Crippen LogP contribution is -2.60. The predicted molar refractivity (Wildman–Crippen MR) is 157 cm³/mol. The summed E-state index contributed by atoms with van der Waals surface area (Å²) in [4.78, 5) is 18.1. The number of alkyl halides is 1. The zero-order valence-electron chi connectivity index (χ0n) is 24.2. The summed E-state index contributed by atoms with van der Waals surface area (Å²) >= 11 is 0. The summed E-state index contributed by atoms with van der Waals surface area (Å²) in [7, 11) is 0. The van der Waals surface area contributed by atoms with Crippen molar-refractivity contribution < 1.29 is 32.1 Å². The summed E-state index contributed by atoms with van der Waals surface area (Å²) in [6.45, 7) is 2.14. The molecule has 4 aromatic rings. The number of benzene rings is 2. The van der Waals surface area contributed by atoms with Gasteiger partial charge in [-0.25, -0.2) is 22.5 Å². The number of aromatic nitrogens is 3. The Bertz CT molecular complexity index is 1900. The molecular weight excluding hydrogens is 592 g/mol. The molecule has 4 fully saturated rings. The van der Waals surface area contributed by atoms with Gasteiger partial charge in [0.2, 0.25) is 5.88 Å². The average molecular weight is 623 g/mol. The van der Waals surface area contributed by atoms with Crippen molar-refractivity contribution in [1.82, 2.24) is 25.2 Å². The minimum absolute atomic E-state index is 0.0538. The topological polar surface area (TPSA) is 95.9 Å². The minimum atomic E-state index is -1.19. The van der Waals surface area contributed by atoms with E-state index in [2.05, 4.69) is 25.1 Å². The number of hydrogen-bond donors (Lipinski definition) is 2. The smallest absolute Gasteiger partial charge is 0.319 e. The van der Waals surface area contributed by atoms with E-state index in [0.29, 0.717) is 25.3 Å². The van der Waals surface area contributed by atoms with Gasteiger partial charge in [0, 0.05) is 42.5 Å². The molecule has 234 valence electrons. The molecule has 2 aromatic carbocycles. The van der Waals surface area contributed by atoms with Gasteiger partial charge in [-0.05, 0) is 55.8 Å². The van der Waals surface area contributed by atoms with Gasteiger partial charge in [-0.15, -0.1) is 0 Å². The monoisotopic (exact) mass is 622 g/mol. The highest BCUT2D eigenvalue weighted by molar-refractivity contribution is 6.02. The fraction of sp³-hybridized carbons (Fsp3) is 0.469. The van der Waals surface area contributed by atoms with E-state index in [4.69, 9.17) is 14.5 Å². The Morgan fingerprint density at radius 2 is 1.96 bits per heavy atom. The first-order chi connectivity index (χ1) is 21.8. The summed E-state index contributed by atoms with van der Waals surface area (Å²) in [6, 6.07) is 4.83. The molecule has 2 aromatic heterocycles. The maximum Gasteiger partial charge on any atom is 0.319 e. The molecule has 5 atom stereocenters. The average Bonchev–Trinajstić information content (AvgIpc) is 3.65. The minimum Gasteiger partial charge on any atom is -0.508 e. The maximum atomic E-state index is 16.8. The highest BCUT2D eigenvalue weighted by atomic mass is 19.2. The number of rotatable bonds is 4. The Morgan fingerprint density at radius 1 is 1.07 bits per heavy atom. The number of hydrogen-bond acceptors (Lipinski definition) is 9. The molecule has 5 aliphatic rings. The second-order valence-electron chi connectivity index (χ2n) is 13.0. The highest BCUT2D eigenvalue weighted by Gasteiger charge is 2.50. The number of phenols is 1. The van der Waals surface area contributed by atoms with Gasteiger partial charge in [-0.2, -0.15) is 9.97 Å². The molecule has 4 saturated heterocycles. The molecule has 0 saturated carbocycles. The number of aromatic hydroxyl groups is 1. The van der Waals surface area contributed by atoms with Crippen molar-refractivity contribution in [3.63, 3.8) is 0 Å². The predicted octanol–water partition coefficient (Wildman–Crippen LogP) is 4.62. The fourth-order valence-electron chi connectivity index (χ4n) is 8.38. The molecule has 0 amide bonds. The lowest BCUT2D eigenvalue weighted by Gasteiger charge is -2.40. The number of phenolic OH excluding ortho intramolecular Hbond substituents is 1. The Kier molecular flexibility index (Phi) is 5.93. The third-order valence-corrected chi connectivity index (χ3v) is 10.4. The van der Waals surface area contributed by atoms with Gasteiger partial charge >= 0.3 is 6.01 Å². The van der Waals surface area contributed by atoms with Crippen LogP contribution in [-0.2, 0) is 0 Å². The highest BCUT2D eigenvalue weighted by Crippen LogP contribution is 2.45. The molecular formula is C32H30F4N6O3. The van der Waals surface area contributed by atoms with Gasteiger partial charge < -0.3 is 24.8 Å². The zero-order chi connectivity index (χ0) is 30.6.